The lowest BCUT2D eigenvalue weighted by Crippen LogP contribution is -2.29. The van der Waals surface area contributed by atoms with Crippen molar-refractivity contribution in [3.63, 3.8) is 0 Å². The van der Waals surface area contributed by atoms with Crippen LogP contribution in [-0.2, 0) is 9.59 Å². The number of hydrogen-bond donors (Lipinski definition) is 3. The molecule has 0 radical (unpaired) electrons. The molecule has 0 fully saturated rings. The summed E-state index contributed by atoms with van der Waals surface area (Å²) in [5.74, 6) is -1.08. The zero-order valence-electron chi connectivity index (χ0n) is 12.8. The largest absolute Gasteiger partial charge is 0.481 e. The summed E-state index contributed by atoms with van der Waals surface area (Å²) < 4.78 is 0.848. The molecule has 1 aromatic carbocycles. The molecular formula is C16H21BrN2O4. The fraction of sp³-hybridized carbons (Fsp3) is 0.438. The van der Waals surface area contributed by atoms with E-state index in [2.05, 4.69) is 26.6 Å². The van der Waals surface area contributed by atoms with Crippen LogP contribution in [0.2, 0.25) is 0 Å². The van der Waals surface area contributed by atoms with Crippen LogP contribution in [0.1, 0.15) is 42.5 Å². The molecule has 23 heavy (non-hydrogen) atoms. The third-order valence-electron chi connectivity index (χ3n) is 3.09. The summed E-state index contributed by atoms with van der Waals surface area (Å²) in [7, 11) is 0. The molecule has 0 atom stereocenters. The van der Waals surface area contributed by atoms with Gasteiger partial charge in [-0.05, 0) is 37.5 Å². The molecule has 7 heteroatoms. The standard InChI is InChI=1S/C16H21BrN2O4/c17-13-6-3-5-12(11-13)16(23)19-10-4-9-18-14(20)7-1-2-8-15(21)22/h3,5-6,11H,1-2,4,7-10H2,(H,18,20)(H,19,23)(H,21,22). The van der Waals surface area contributed by atoms with Crippen LogP contribution in [0.25, 0.3) is 0 Å². The first-order valence-electron chi connectivity index (χ1n) is 7.51. The Kier molecular flexibility index (Phi) is 8.97. The summed E-state index contributed by atoms with van der Waals surface area (Å²) in [5, 5.41) is 14.0. The number of carbonyl (C=O) groups excluding carboxylic acids is 2. The Morgan fingerprint density at radius 2 is 1.70 bits per heavy atom. The zero-order valence-corrected chi connectivity index (χ0v) is 14.4. The van der Waals surface area contributed by atoms with Gasteiger partial charge in [0.15, 0.2) is 0 Å². The Hall–Kier alpha value is -1.89. The first kappa shape index (κ1) is 19.2. The summed E-state index contributed by atoms with van der Waals surface area (Å²) in [6, 6.07) is 7.12. The van der Waals surface area contributed by atoms with Gasteiger partial charge >= 0.3 is 5.97 Å². The van der Waals surface area contributed by atoms with Crippen molar-refractivity contribution in [1.82, 2.24) is 10.6 Å². The SMILES string of the molecule is O=C(O)CCCCC(=O)NCCCNC(=O)c1cccc(Br)c1. The monoisotopic (exact) mass is 384 g/mol. The molecule has 1 aromatic rings. The molecule has 6 nitrogen and oxygen atoms in total. The maximum atomic E-state index is 11.9. The molecule has 0 aliphatic carbocycles. The number of halogens is 1. The Morgan fingerprint density at radius 3 is 2.39 bits per heavy atom. The molecule has 2 amide bonds. The first-order chi connectivity index (χ1) is 11.0. The second kappa shape index (κ2) is 10.8. The van der Waals surface area contributed by atoms with Crippen molar-refractivity contribution in [3.05, 3.63) is 34.3 Å². The number of unbranched alkanes of at least 4 members (excludes halogenated alkanes) is 1. The third-order valence-corrected chi connectivity index (χ3v) is 3.59. The van der Waals surface area contributed by atoms with Crippen LogP contribution in [0, 0.1) is 0 Å². The van der Waals surface area contributed by atoms with Gasteiger partial charge in [-0.1, -0.05) is 22.0 Å². The second-order valence-electron chi connectivity index (χ2n) is 5.07. The number of carbonyl (C=O) groups is 3. The average molecular weight is 385 g/mol. The van der Waals surface area contributed by atoms with E-state index in [1.807, 2.05) is 6.07 Å². The highest BCUT2D eigenvalue weighted by Crippen LogP contribution is 2.11. The van der Waals surface area contributed by atoms with Gasteiger partial charge in [0.05, 0.1) is 0 Å². The number of nitrogens with one attached hydrogen (secondary N) is 2. The molecule has 0 saturated carbocycles. The molecule has 0 aliphatic heterocycles. The van der Waals surface area contributed by atoms with Gasteiger partial charge in [-0.3, -0.25) is 14.4 Å². The lowest BCUT2D eigenvalue weighted by Gasteiger charge is -2.07. The first-order valence-corrected chi connectivity index (χ1v) is 8.30. The summed E-state index contributed by atoms with van der Waals surface area (Å²) in [4.78, 5) is 33.7. The number of aliphatic carboxylic acids is 1. The Balaban J connectivity index is 2.07. The highest BCUT2D eigenvalue weighted by atomic mass is 79.9. The van der Waals surface area contributed by atoms with E-state index in [4.69, 9.17) is 5.11 Å². The average Bonchev–Trinajstić information content (AvgIpc) is 2.51. The number of carboxylic acids is 1. The Morgan fingerprint density at radius 1 is 1.00 bits per heavy atom. The van der Waals surface area contributed by atoms with Gasteiger partial charge in [0, 0.05) is 36.0 Å². The van der Waals surface area contributed by atoms with Crippen LogP contribution in [0.5, 0.6) is 0 Å². The minimum Gasteiger partial charge on any atom is -0.481 e. The second-order valence-corrected chi connectivity index (χ2v) is 5.99. The summed E-state index contributed by atoms with van der Waals surface area (Å²) >= 11 is 3.31. The molecule has 126 valence electrons. The van der Waals surface area contributed by atoms with Gasteiger partial charge < -0.3 is 15.7 Å². The van der Waals surface area contributed by atoms with Gasteiger partial charge in [0.2, 0.25) is 5.91 Å². The van der Waals surface area contributed by atoms with E-state index in [0.717, 1.165) is 4.47 Å². The smallest absolute Gasteiger partial charge is 0.303 e. The lowest BCUT2D eigenvalue weighted by molar-refractivity contribution is -0.137. The topological polar surface area (TPSA) is 95.5 Å². The molecule has 0 bridgehead atoms. The van der Waals surface area contributed by atoms with Gasteiger partial charge in [-0.25, -0.2) is 0 Å². The molecule has 0 heterocycles. The summed E-state index contributed by atoms with van der Waals surface area (Å²) in [5.41, 5.74) is 0.585. The number of rotatable bonds is 10. The van der Waals surface area contributed by atoms with Crippen LogP contribution >= 0.6 is 15.9 Å². The van der Waals surface area contributed by atoms with Crippen molar-refractivity contribution in [1.29, 1.82) is 0 Å². The van der Waals surface area contributed by atoms with Gasteiger partial charge in [-0.15, -0.1) is 0 Å². The maximum Gasteiger partial charge on any atom is 0.303 e. The molecule has 0 aromatic heterocycles. The number of carboxylic acid groups (broad SMARTS) is 1. The number of amides is 2. The fourth-order valence-electron chi connectivity index (χ4n) is 1.90. The number of benzene rings is 1. The van der Waals surface area contributed by atoms with E-state index < -0.39 is 5.97 Å². The van der Waals surface area contributed by atoms with Crippen LogP contribution in [0.4, 0.5) is 0 Å². The Labute approximate surface area is 143 Å². The van der Waals surface area contributed by atoms with Gasteiger partial charge in [-0.2, -0.15) is 0 Å². The highest BCUT2D eigenvalue weighted by molar-refractivity contribution is 9.10. The summed E-state index contributed by atoms with van der Waals surface area (Å²) in [6.45, 7) is 0.959. The van der Waals surface area contributed by atoms with Crippen LogP contribution in [0.3, 0.4) is 0 Å². The van der Waals surface area contributed by atoms with Crippen molar-refractivity contribution >= 4 is 33.7 Å². The zero-order chi connectivity index (χ0) is 17.1. The third kappa shape index (κ3) is 8.97. The predicted molar refractivity (Wildman–Crippen MR) is 90.2 cm³/mol. The van der Waals surface area contributed by atoms with E-state index in [9.17, 15) is 14.4 Å². The minimum absolute atomic E-state index is 0.0892. The van der Waals surface area contributed by atoms with Crippen molar-refractivity contribution in [2.24, 2.45) is 0 Å². The van der Waals surface area contributed by atoms with Crippen LogP contribution < -0.4 is 10.6 Å². The fourth-order valence-corrected chi connectivity index (χ4v) is 2.30. The van der Waals surface area contributed by atoms with E-state index in [0.29, 0.717) is 44.3 Å². The minimum atomic E-state index is -0.841. The molecule has 0 spiro atoms. The molecule has 0 aliphatic rings. The maximum absolute atomic E-state index is 11.9. The van der Waals surface area contributed by atoms with Crippen molar-refractivity contribution in [3.8, 4) is 0 Å². The molecule has 0 unspecified atom stereocenters. The van der Waals surface area contributed by atoms with E-state index in [1.165, 1.54) is 0 Å². The Bertz CT molecular complexity index is 549. The van der Waals surface area contributed by atoms with Gasteiger partial charge in [0.1, 0.15) is 0 Å². The molecule has 0 saturated heterocycles. The molecule has 3 N–H and O–H groups in total. The lowest BCUT2D eigenvalue weighted by atomic mass is 10.2. The van der Waals surface area contributed by atoms with Crippen molar-refractivity contribution < 1.29 is 19.5 Å². The van der Waals surface area contributed by atoms with Crippen molar-refractivity contribution in [2.75, 3.05) is 13.1 Å². The normalized spacial score (nSPS) is 10.1. The van der Waals surface area contributed by atoms with Crippen molar-refractivity contribution in [2.45, 2.75) is 32.1 Å². The quantitative estimate of drug-likeness (QED) is 0.539. The van der Waals surface area contributed by atoms with Gasteiger partial charge in [0.25, 0.3) is 5.91 Å². The van der Waals surface area contributed by atoms with Crippen LogP contribution in [0.15, 0.2) is 28.7 Å². The molecular weight excluding hydrogens is 364 g/mol. The predicted octanol–water partition coefficient (Wildman–Crippen LogP) is 2.33. The van der Waals surface area contributed by atoms with E-state index in [-0.39, 0.29) is 18.2 Å². The van der Waals surface area contributed by atoms with Crippen LogP contribution in [-0.4, -0.2) is 36.0 Å². The van der Waals surface area contributed by atoms with E-state index >= 15 is 0 Å². The van der Waals surface area contributed by atoms with E-state index in [1.54, 1.807) is 18.2 Å². The highest BCUT2D eigenvalue weighted by Gasteiger charge is 2.05. The molecule has 1 rings (SSSR count). The summed E-state index contributed by atoms with van der Waals surface area (Å²) in [6.07, 6.45) is 2.14. The number of hydrogen-bond acceptors (Lipinski definition) is 3.